The third kappa shape index (κ3) is 2.66. The predicted molar refractivity (Wildman–Crippen MR) is 52.0 cm³/mol. The van der Waals surface area contributed by atoms with E-state index in [-0.39, 0.29) is 13.1 Å². The lowest BCUT2D eigenvalue weighted by Crippen LogP contribution is -2.40. The zero-order valence-electron chi connectivity index (χ0n) is 9.51. The highest BCUT2D eigenvalue weighted by Crippen LogP contribution is 2.39. The summed E-state index contributed by atoms with van der Waals surface area (Å²) in [6.45, 7) is 5.08. The monoisotopic (exact) mass is 239 g/mol. The van der Waals surface area contributed by atoms with E-state index in [9.17, 15) is 18.0 Å². The molecule has 0 bridgehead atoms. The van der Waals surface area contributed by atoms with E-state index >= 15 is 0 Å². The number of carbonyl (C=O) groups is 1. The van der Waals surface area contributed by atoms with Crippen molar-refractivity contribution in [2.24, 2.45) is 11.8 Å². The predicted octanol–water partition coefficient (Wildman–Crippen LogP) is 1.98. The molecule has 0 radical (unpaired) electrons. The molecule has 1 fully saturated rings. The average molecular weight is 239 g/mol. The molecule has 0 spiro atoms. The SMILES string of the molecule is CC(C)(C)N1C[C@H](C(=O)O)[C@@H](C(F)(F)F)C1. The van der Waals surface area contributed by atoms with Crippen molar-refractivity contribution in [3.8, 4) is 0 Å². The number of carboxylic acid groups (broad SMARTS) is 1. The summed E-state index contributed by atoms with van der Waals surface area (Å²) in [5, 5.41) is 8.80. The molecule has 0 unspecified atom stereocenters. The van der Waals surface area contributed by atoms with Gasteiger partial charge in [-0.05, 0) is 20.8 Å². The first-order valence-corrected chi connectivity index (χ1v) is 5.08. The summed E-state index contributed by atoms with van der Waals surface area (Å²) in [6.07, 6.45) is -4.44. The number of aliphatic carboxylic acids is 1. The van der Waals surface area contributed by atoms with Gasteiger partial charge in [0.1, 0.15) is 0 Å². The number of nitrogens with zero attached hydrogens (tertiary/aromatic N) is 1. The fraction of sp³-hybridized carbons (Fsp3) is 0.900. The lowest BCUT2D eigenvalue weighted by Gasteiger charge is -2.31. The van der Waals surface area contributed by atoms with Crippen molar-refractivity contribution in [1.82, 2.24) is 4.90 Å². The number of hydrogen-bond donors (Lipinski definition) is 1. The first-order valence-electron chi connectivity index (χ1n) is 5.08. The molecule has 1 N–H and O–H groups in total. The van der Waals surface area contributed by atoms with Crippen LogP contribution in [0.4, 0.5) is 13.2 Å². The highest BCUT2D eigenvalue weighted by molar-refractivity contribution is 5.71. The smallest absolute Gasteiger partial charge is 0.393 e. The quantitative estimate of drug-likeness (QED) is 0.760. The first-order chi connectivity index (χ1) is 7.03. The molecule has 1 rings (SSSR count). The normalized spacial score (nSPS) is 28.4. The van der Waals surface area contributed by atoms with Crippen LogP contribution in [0.1, 0.15) is 20.8 Å². The van der Waals surface area contributed by atoms with Crippen LogP contribution < -0.4 is 0 Å². The van der Waals surface area contributed by atoms with Crippen LogP contribution in [0.15, 0.2) is 0 Å². The molecule has 1 aliphatic heterocycles. The van der Waals surface area contributed by atoms with Crippen LogP contribution in [0.25, 0.3) is 0 Å². The largest absolute Gasteiger partial charge is 0.481 e. The molecule has 1 saturated heterocycles. The van der Waals surface area contributed by atoms with E-state index in [0.717, 1.165) is 0 Å². The Morgan fingerprint density at radius 2 is 1.75 bits per heavy atom. The summed E-state index contributed by atoms with van der Waals surface area (Å²) in [5.74, 6) is -4.47. The van der Waals surface area contributed by atoms with Gasteiger partial charge >= 0.3 is 12.1 Å². The van der Waals surface area contributed by atoms with Crippen LogP contribution in [-0.4, -0.2) is 40.8 Å². The molecule has 1 aliphatic rings. The van der Waals surface area contributed by atoms with Crippen LogP contribution in [0.3, 0.4) is 0 Å². The first kappa shape index (κ1) is 13.3. The van der Waals surface area contributed by atoms with Gasteiger partial charge in [-0.3, -0.25) is 9.69 Å². The third-order valence-electron chi connectivity index (χ3n) is 3.01. The molecule has 16 heavy (non-hydrogen) atoms. The summed E-state index contributed by atoms with van der Waals surface area (Å²) >= 11 is 0. The van der Waals surface area contributed by atoms with E-state index in [4.69, 9.17) is 5.11 Å². The number of alkyl halides is 3. The fourth-order valence-corrected chi connectivity index (χ4v) is 1.93. The van der Waals surface area contributed by atoms with E-state index in [2.05, 4.69) is 0 Å². The van der Waals surface area contributed by atoms with Crippen LogP contribution >= 0.6 is 0 Å². The van der Waals surface area contributed by atoms with E-state index < -0.39 is 29.5 Å². The van der Waals surface area contributed by atoms with Gasteiger partial charge in [0.25, 0.3) is 0 Å². The molecule has 3 nitrogen and oxygen atoms in total. The van der Waals surface area contributed by atoms with Gasteiger partial charge in [-0.2, -0.15) is 13.2 Å². The lowest BCUT2D eigenvalue weighted by molar-refractivity contribution is -0.188. The van der Waals surface area contributed by atoms with Gasteiger partial charge in [0.05, 0.1) is 11.8 Å². The van der Waals surface area contributed by atoms with E-state index in [0.29, 0.717) is 0 Å². The van der Waals surface area contributed by atoms with Crippen molar-refractivity contribution in [2.45, 2.75) is 32.5 Å². The Bertz CT molecular complexity index is 283. The Labute approximate surface area is 92.2 Å². The van der Waals surface area contributed by atoms with Gasteiger partial charge in [-0.25, -0.2) is 0 Å². The maximum Gasteiger partial charge on any atom is 0.393 e. The standard InChI is InChI=1S/C10H16F3NO2/c1-9(2,3)14-4-6(8(15)16)7(5-14)10(11,12)13/h6-7H,4-5H2,1-3H3,(H,15,16)/t6-,7-/m0/s1. The van der Waals surface area contributed by atoms with Gasteiger partial charge in [0.2, 0.25) is 0 Å². The van der Waals surface area contributed by atoms with Crippen LogP contribution in [0.5, 0.6) is 0 Å². The Kier molecular flexibility index (Phi) is 3.24. The molecule has 0 aliphatic carbocycles. The minimum absolute atomic E-state index is 0.0387. The van der Waals surface area contributed by atoms with Crippen molar-refractivity contribution < 1.29 is 23.1 Å². The number of hydrogen-bond acceptors (Lipinski definition) is 2. The highest BCUT2D eigenvalue weighted by Gasteiger charge is 2.53. The zero-order valence-corrected chi connectivity index (χ0v) is 9.51. The third-order valence-corrected chi connectivity index (χ3v) is 3.01. The Morgan fingerprint density at radius 1 is 1.25 bits per heavy atom. The topological polar surface area (TPSA) is 40.5 Å². The second-order valence-electron chi connectivity index (χ2n) is 5.17. The van der Waals surface area contributed by atoms with Crippen LogP contribution in [0.2, 0.25) is 0 Å². The Morgan fingerprint density at radius 3 is 2.00 bits per heavy atom. The molecule has 0 aromatic carbocycles. The van der Waals surface area contributed by atoms with Crippen molar-refractivity contribution >= 4 is 5.97 Å². The van der Waals surface area contributed by atoms with E-state index in [1.165, 1.54) is 0 Å². The molecule has 6 heteroatoms. The Hall–Kier alpha value is -0.780. The minimum Gasteiger partial charge on any atom is -0.481 e. The molecule has 1 heterocycles. The molecule has 2 atom stereocenters. The maximum atomic E-state index is 12.6. The number of rotatable bonds is 1. The van der Waals surface area contributed by atoms with Gasteiger partial charge < -0.3 is 5.11 Å². The second-order valence-corrected chi connectivity index (χ2v) is 5.17. The molecule has 0 aromatic heterocycles. The number of likely N-dealkylation sites (tertiary alicyclic amines) is 1. The van der Waals surface area contributed by atoms with Gasteiger partial charge in [0, 0.05) is 18.6 Å². The van der Waals surface area contributed by atoms with Gasteiger partial charge in [-0.1, -0.05) is 0 Å². The molecular weight excluding hydrogens is 223 g/mol. The maximum absolute atomic E-state index is 12.6. The lowest BCUT2D eigenvalue weighted by atomic mass is 9.96. The summed E-state index contributed by atoms with van der Waals surface area (Å²) in [7, 11) is 0. The molecular formula is C10H16F3NO2. The average Bonchev–Trinajstić information content (AvgIpc) is 2.44. The summed E-state index contributed by atoms with van der Waals surface area (Å²) < 4.78 is 37.9. The number of halogens is 3. The Balaban J connectivity index is 2.89. The fourth-order valence-electron chi connectivity index (χ4n) is 1.93. The second kappa shape index (κ2) is 3.91. The van der Waals surface area contributed by atoms with Crippen molar-refractivity contribution in [3.63, 3.8) is 0 Å². The van der Waals surface area contributed by atoms with Crippen molar-refractivity contribution in [2.75, 3.05) is 13.1 Å². The number of carboxylic acids is 1. The van der Waals surface area contributed by atoms with Crippen molar-refractivity contribution in [3.05, 3.63) is 0 Å². The molecule has 0 aromatic rings. The van der Waals surface area contributed by atoms with Gasteiger partial charge in [-0.15, -0.1) is 0 Å². The van der Waals surface area contributed by atoms with E-state index in [1.54, 1.807) is 25.7 Å². The summed E-state index contributed by atoms with van der Waals surface area (Å²) in [4.78, 5) is 12.4. The van der Waals surface area contributed by atoms with E-state index in [1.807, 2.05) is 0 Å². The summed E-state index contributed by atoms with van der Waals surface area (Å²) in [6, 6.07) is 0. The highest BCUT2D eigenvalue weighted by atomic mass is 19.4. The zero-order chi connectivity index (χ0) is 12.7. The summed E-state index contributed by atoms with van der Waals surface area (Å²) in [5.41, 5.74) is -0.437. The van der Waals surface area contributed by atoms with Crippen LogP contribution in [-0.2, 0) is 4.79 Å². The van der Waals surface area contributed by atoms with Crippen LogP contribution in [0, 0.1) is 11.8 Å². The van der Waals surface area contributed by atoms with Gasteiger partial charge in [0.15, 0.2) is 0 Å². The molecule has 0 amide bonds. The van der Waals surface area contributed by atoms with Crippen molar-refractivity contribution in [1.29, 1.82) is 0 Å². The minimum atomic E-state index is -4.44. The molecule has 0 saturated carbocycles. The molecule has 94 valence electrons.